The Morgan fingerprint density at radius 3 is 2.30 bits per heavy atom. The Balaban J connectivity index is 1.68. The highest BCUT2D eigenvalue weighted by Crippen LogP contribution is 2.17. The molecule has 3 heterocycles. The number of piperazine rings is 1. The Morgan fingerprint density at radius 2 is 1.65 bits per heavy atom. The molecule has 0 radical (unpaired) electrons. The monoisotopic (exact) mass is 270 g/mol. The predicted molar refractivity (Wildman–Crippen MR) is 79.8 cm³/mol. The molecule has 0 bridgehead atoms. The van der Waals surface area contributed by atoms with E-state index in [1.54, 1.807) is 12.4 Å². The Morgan fingerprint density at radius 1 is 0.950 bits per heavy atom. The van der Waals surface area contributed by atoms with Crippen molar-refractivity contribution >= 4 is 17.5 Å². The molecule has 0 aromatic carbocycles. The van der Waals surface area contributed by atoms with E-state index in [2.05, 4.69) is 30.8 Å². The number of anilines is 3. The van der Waals surface area contributed by atoms with Crippen LogP contribution < -0.4 is 15.5 Å². The zero-order chi connectivity index (χ0) is 13.9. The van der Waals surface area contributed by atoms with Gasteiger partial charge in [-0.2, -0.15) is 0 Å². The molecule has 1 fully saturated rings. The molecule has 6 nitrogen and oxygen atoms in total. The highest BCUT2D eigenvalue weighted by Gasteiger charge is 2.19. The van der Waals surface area contributed by atoms with Gasteiger partial charge in [-0.05, 0) is 19.1 Å². The normalized spacial score (nSPS) is 15.4. The summed E-state index contributed by atoms with van der Waals surface area (Å²) in [6.45, 7) is 5.66. The molecule has 3 rings (SSSR count). The number of hydrogen-bond donors (Lipinski definition) is 1. The van der Waals surface area contributed by atoms with Crippen LogP contribution >= 0.6 is 0 Å². The van der Waals surface area contributed by atoms with Crippen molar-refractivity contribution in [3.8, 4) is 0 Å². The average molecular weight is 270 g/mol. The Labute approximate surface area is 118 Å². The molecule has 0 amide bonds. The topological polar surface area (TPSA) is 71.2 Å². The molecule has 0 spiro atoms. The van der Waals surface area contributed by atoms with Crippen LogP contribution in [-0.2, 0) is 0 Å². The number of pyridine rings is 1. The molecule has 0 atom stereocenters. The van der Waals surface area contributed by atoms with Crippen molar-refractivity contribution in [1.82, 2.24) is 15.0 Å². The third kappa shape index (κ3) is 2.64. The van der Waals surface area contributed by atoms with E-state index >= 15 is 0 Å². The van der Waals surface area contributed by atoms with Crippen LogP contribution in [0.3, 0.4) is 0 Å². The van der Waals surface area contributed by atoms with Gasteiger partial charge in [0.2, 0.25) is 0 Å². The molecule has 0 aliphatic carbocycles. The smallest absolute Gasteiger partial charge is 0.149 e. The van der Waals surface area contributed by atoms with Gasteiger partial charge in [-0.1, -0.05) is 6.07 Å². The van der Waals surface area contributed by atoms with Crippen LogP contribution in [0.1, 0.15) is 5.69 Å². The van der Waals surface area contributed by atoms with E-state index in [1.807, 2.05) is 19.1 Å². The van der Waals surface area contributed by atoms with Gasteiger partial charge < -0.3 is 15.5 Å². The lowest BCUT2D eigenvalue weighted by atomic mass is 10.3. The number of aromatic nitrogens is 3. The number of hydrogen-bond acceptors (Lipinski definition) is 6. The standard InChI is InChI=1S/C14H18N6/c1-11-3-2-4-13(17-11)19-5-7-20(8-6-19)14-10-16-9-12(15)18-14/h2-4,9-10H,5-8H2,1H3,(H2,15,18). The second-order valence-electron chi connectivity index (χ2n) is 4.91. The Bertz CT molecular complexity index is 538. The van der Waals surface area contributed by atoms with Crippen LogP contribution in [0, 0.1) is 6.92 Å². The van der Waals surface area contributed by atoms with Crippen molar-refractivity contribution in [3.05, 3.63) is 36.3 Å². The molecule has 1 aliphatic heterocycles. The summed E-state index contributed by atoms with van der Waals surface area (Å²) >= 11 is 0. The van der Waals surface area contributed by atoms with Crippen molar-refractivity contribution in [2.45, 2.75) is 6.92 Å². The minimum atomic E-state index is 0.463. The number of rotatable bonds is 2. The summed E-state index contributed by atoms with van der Waals surface area (Å²) in [5.41, 5.74) is 6.73. The zero-order valence-corrected chi connectivity index (χ0v) is 11.5. The Hall–Kier alpha value is -2.37. The molecule has 1 aliphatic rings. The van der Waals surface area contributed by atoms with Crippen molar-refractivity contribution < 1.29 is 0 Å². The number of nitrogen functional groups attached to an aromatic ring is 1. The van der Waals surface area contributed by atoms with E-state index in [0.717, 1.165) is 43.5 Å². The molecule has 6 heteroatoms. The summed E-state index contributed by atoms with van der Waals surface area (Å²) in [6, 6.07) is 6.12. The Kier molecular flexibility index (Phi) is 3.37. The SMILES string of the molecule is Cc1cccc(N2CCN(c3cncc(N)n3)CC2)n1. The average Bonchev–Trinajstić information content (AvgIpc) is 2.47. The van der Waals surface area contributed by atoms with E-state index in [1.165, 1.54) is 0 Å². The van der Waals surface area contributed by atoms with Crippen molar-refractivity contribution in [3.63, 3.8) is 0 Å². The fourth-order valence-corrected chi connectivity index (χ4v) is 2.39. The van der Waals surface area contributed by atoms with Gasteiger partial charge in [0.1, 0.15) is 17.5 Å². The molecule has 1 saturated heterocycles. The van der Waals surface area contributed by atoms with Crippen molar-refractivity contribution in [2.75, 3.05) is 41.7 Å². The first kappa shape index (κ1) is 12.7. The van der Waals surface area contributed by atoms with E-state index in [9.17, 15) is 0 Å². The maximum absolute atomic E-state index is 5.68. The van der Waals surface area contributed by atoms with E-state index in [4.69, 9.17) is 5.73 Å². The van der Waals surface area contributed by atoms with Crippen molar-refractivity contribution in [1.29, 1.82) is 0 Å². The minimum Gasteiger partial charge on any atom is -0.382 e. The van der Waals surface area contributed by atoms with Crippen LogP contribution in [0.2, 0.25) is 0 Å². The highest BCUT2D eigenvalue weighted by atomic mass is 15.3. The third-order valence-electron chi connectivity index (χ3n) is 3.44. The van der Waals surface area contributed by atoms with Gasteiger partial charge in [0.15, 0.2) is 0 Å². The van der Waals surface area contributed by atoms with Gasteiger partial charge >= 0.3 is 0 Å². The van der Waals surface area contributed by atoms with Crippen LogP contribution in [0.4, 0.5) is 17.5 Å². The summed E-state index contributed by atoms with van der Waals surface area (Å²) < 4.78 is 0. The van der Waals surface area contributed by atoms with Crippen molar-refractivity contribution in [2.24, 2.45) is 0 Å². The van der Waals surface area contributed by atoms with Crippen LogP contribution in [0.5, 0.6) is 0 Å². The molecule has 104 valence electrons. The predicted octanol–water partition coefficient (Wildman–Crippen LogP) is 1.09. The van der Waals surface area contributed by atoms with Gasteiger partial charge in [-0.3, -0.25) is 4.98 Å². The first-order valence-corrected chi connectivity index (χ1v) is 6.73. The van der Waals surface area contributed by atoms with E-state index < -0.39 is 0 Å². The molecule has 0 saturated carbocycles. The quantitative estimate of drug-likeness (QED) is 0.880. The van der Waals surface area contributed by atoms with Crippen LogP contribution in [0.15, 0.2) is 30.6 Å². The number of nitrogens with two attached hydrogens (primary N) is 1. The second-order valence-corrected chi connectivity index (χ2v) is 4.91. The fraction of sp³-hybridized carbons (Fsp3) is 0.357. The van der Waals surface area contributed by atoms with Gasteiger partial charge in [-0.25, -0.2) is 9.97 Å². The molecule has 2 N–H and O–H groups in total. The van der Waals surface area contributed by atoms with E-state index in [-0.39, 0.29) is 0 Å². The van der Waals surface area contributed by atoms with Gasteiger partial charge in [0.05, 0.1) is 12.4 Å². The molecule has 2 aromatic rings. The summed E-state index contributed by atoms with van der Waals surface area (Å²) in [6.07, 6.45) is 3.33. The molecule has 2 aromatic heterocycles. The molecule has 0 unspecified atom stereocenters. The van der Waals surface area contributed by atoms with Gasteiger partial charge in [-0.15, -0.1) is 0 Å². The van der Waals surface area contributed by atoms with Crippen LogP contribution in [0.25, 0.3) is 0 Å². The molecular weight excluding hydrogens is 252 g/mol. The molecule has 20 heavy (non-hydrogen) atoms. The number of aryl methyl sites for hydroxylation is 1. The summed E-state index contributed by atoms with van der Waals surface area (Å²) in [5, 5.41) is 0. The summed E-state index contributed by atoms with van der Waals surface area (Å²) in [5.74, 6) is 2.36. The number of nitrogens with zero attached hydrogens (tertiary/aromatic N) is 5. The van der Waals surface area contributed by atoms with E-state index in [0.29, 0.717) is 5.82 Å². The summed E-state index contributed by atoms with van der Waals surface area (Å²) in [4.78, 5) is 17.5. The fourth-order valence-electron chi connectivity index (χ4n) is 2.39. The van der Waals surface area contributed by atoms with Crippen LogP contribution in [-0.4, -0.2) is 41.1 Å². The van der Waals surface area contributed by atoms with Gasteiger partial charge in [0.25, 0.3) is 0 Å². The highest BCUT2D eigenvalue weighted by molar-refractivity contribution is 5.46. The minimum absolute atomic E-state index is 0.463. The lowest BCUT2D eigenvalue weighted by Gasteiger charge is -2.36. The lowest BCUT2D eigenvalue weighted by Crippen LogP contribution is -2.47. The largest absolute Gasteiger partial charge is 0.382 e. The third-order valence-corrected chi connectivity index (χ3v) is 3.44. The second kappa shape index (κ2) is 5.32. The summed E-state index contributed by atoms with van der Waals surface area (Å²) in [7, 11) is 0. The maximum Gasteiger partial charge on any atom is 0.149 e. The zero-order valence-electron chi connectivity index (χ0n) is 11.5. The first-order valence-electron chi connectivity index (χ1n) is 6.73. The maximum atomic E-state index is 5.68. The first-order chi connectivity index (χ1) is 9.72. The van der Waals surface area contributed by atoms with Gasteiger partial charge in [0, 0.05) is 31.9 Å². The molecular formula is C14H18N6. The lowest BCUT2D eigenvalue weighted by molar-refractivity contribution is 0.640.